The molecule has 1 unspecified atom stereocenters. The summed E-state index contributed by atoms with van der Waals surface area (Å²) in [6.45, 7) is 1.94. The van der Waals surface area contributed by atoms with Gasteiger partial charge in [-0.1, -0.05) is 11.6 Å². The molecule has 1 aliphatic rings. The zero-order valence-electron chi connectivity index (χ0n) is 12.4. The van der Waals surface area contributed by atoms with E-state index < -0.39 is 5.82 Å². The highest BCUT2D eigenvalue weighted by Crippen LogP contribution is 2.30. The van der Waals surface area contributed by atoms with Gasteiger partial charge in [-0.05, 0) is 0 Å². The van der Waals surface area contributed by atoms with E-state index in [-0.39, 0.29) is 22.7 Å². The molecule has 0 radical (unpaired) electrons. The number of nitrogens with zero attached hydrogens (tertiary/aromatic N) is 5. The monoisotopic (exact) mass is 336 g/mol. The van der Waals surface area contributed by atoms with E-state index in [4.69, 9.17) is 21.6 Å². The van der Waals surface area contributed by atoms with Crippen molar-refractivity contribution in [2.24, 2.45) is 0 Å². The highest BCUT2D eigenvalue weighted by atomic mass is 35.5. The number of anilines is 1. The minimum Gasteiger partial charge on any atom is -0.467 e. The van der Waals surface area contributed by atoms with Crippen molar-refractivity contribution in [1.29, 1.82) is 5.26 Å². The molecule has 120 valence electrons. The number of halogens is 2. The Bertz CT molecular complexity index is 780. The maximum atomic E-state index is 14.2. The second kappa shape index (κ2) is 6.48. The van der Waals surface area contributed by atoms with Crippen molar-refractivity contribution in [3.05, 3.63) is 17.2 Å². The number of nitrogens with one attached hydrogen (secondary N) is 1. The molecule has 2 aromatic heterocycles. The molecule has 2 aromatic rings. The van der Waals surface area contributed by atoms with E-state index in [0.717, 1.165) is 0 Å². The second-order valence-electron chi connectivity index (χ2n) is 5.12. The van der Waals surface area contributed by atoms with Gasteiger partial charge in [0.05, 0.1) is 25.0 Å². The van der Waals surface area contributed by atoms with E-state index in [0.29, 0.717) is 37.3 Å². The Balaban J connectivity index is 2.09. The summed E-state index contributed by atoms with van der Waals surface area (Å²) in [5, 5.41) is 12.4. The lowest BCUT2D eigenvalue weighted by Gasteiger charge is -2.34. The standard InChI is InChI=1S/C14H14ClFN6O/c1-23-14-20-11-9(6-19-12(15)10(11)16)13(21-14)22-5-4-18-8(7-22)2-3-17/h6,8,18H,2,4-5,7H2,1H3. The van der Waals surface area contributed by atoms with Crippen molar-refractivity contribution < 1.29 is 9.13 Å². The highest BCUT2D eigenvalue weighted by molar-refractivity contribution is 6.30. The first-order valence-electron chi connectivity index (χ1n) is 7.05. The predicted molar refractivity (Wildman–Crippen MR) is 83.1 cm³/mol. The maximum Gasteiger partial charge on any atom is 0.318 e. The number of hydrogen-bond acceptors (Lipinski definition) is 7. The number of nitriles is 1. The molecule has 9 heteroatoms. The fourth-order valence-corrected chi connectivity index (χ4v) is 2.73. The van der Waals surface area contributed by atoms with E-state index in [1.165, 1.54) is 13.3 Å². The van der Waals surface area contributed by atoms with Gasteiger partial charge in [-0.25, -0.2) is 9.37 Å². The second-order valence-corrected chi connectivity index (χ2v) is 5.48. The lowest BCUT2D eigenvalue weighted by molar-refractivity contribution is 0.380. The summed E-state index contributed by atoms with van der Waals surface area (Å²) >= 11 is 5.74. The lowest BCUT2D eigenvalue weighted by Crippen LogP contribution is -2.51. The molecule has 3 heterocycles. The van der Waals surface area contributed by atoms with Crippen LogP contribution in [0.1, 0.15) is 6.42 Å². The van der Waals surface area contributed by atoms with Crippen LogP contribution in [-0.4, -0.2) is 47.7 Å². The Morgan fingerprint density at radius 2 is 2.39 bits per heavy atom. The molecule has 0 amide bonds. The molecular weight excluding hydrogens is 323 g/mol. The topological polar surface area (TPSA) is 87.0 Å². The fraction of sp³-hybridized carbons (Fsp3) is 0.429. The van der Waals surface area contributed by atoms with Crippen molar-refractivity contribution >= 4 is 28.3 Å². The smallest absolute Gasteiger partial charge is 0.318 e. The van der Waals surface area contributed by atoms with Crippen LogP contribution >= 0.6 is 11.6 Å². The first-order chi connectivity index (χ1) is 11.1. The van der Waals surface area contributed by atoms with Gasteiger partial charge in [0.1, 0.15) is 11.3 Å². The minimum absolute atomic E-state index is 0.0230. The summed E-state index contributed by atoms with van der Waals surface area (Å²) in [4.78, 5) is 14.2. The molecule has 1 atom stereocenters. The van der Waals surface area contributed by atoms with Crippen LogP contribution < -0.4 is 15.0 Å². The molecule has 1 aliphatic heterocycles. The molecule has 1 fully saturated rings. The summed E-state index contributed by atoms with van der Waals surface area (Å²) in [6.07, 6.45) is 1.84. The number of rotatable bonds is 3. The number of aromatic nitrogens is 3. The molecule has 7 nitrogen and oxygen atoms in total. The SMILES string of the molecule is COc1nc(N2CCNC(CC#N)C2)c2cnc(Cl)c(F)c2n1. The van der Waals surface area contributed by atoms with Gasteiger partial charge in [0.2, 0.25) is 0 Å². The number of pyridine rings is 1. The highest BCUT2D eigenvalue weighted by Gasteiger charge is 2.24. The van der Waals surface area contributed by atoms with E-state index in [9.17, 15) is 4.39 Å². The van der Waals surface area contributed by atoms with Crippen LogP contribution in [0, 0.1) is 17.1 Å². The predicted octanol–water partition coefficient (Wildman–Crippen LogP) is 1.52. The summed E-state index contributed by atoms with van der Waals surface area (Å²) in [6, 6.07) is 2.23. The van der Waals surface area contributed by atoms with Crippen molar-refractivity contribution in [1.82, 2.24) is 20.3 Å². The van der Waals surface area contributed by atoms with Crippen molar-refractivity contribution in [3.63, 3.8) is 0 Å². The average molecular weight is 337 g/mol. The quantitative estimate of drug-likeness (QED) is 0.850. The fourth-order valence-electron chi connectivity index (χ4n) is 2.60. The zero-order valence-corrected chi connectivity index (χ0v) is 13.1. The summed E-state index contributed by atoms with van der Waals surface area (Å²) in [7, 11) is 1.42. The van der Waals surface area contributed by atoms with Crippen LogP contribution in [0.25, 0.3) is 10.9 Å². The molecule has 0 aliphatic carbocycles. The van der Waals surface area contributed by atoms with E-state index in [2.05, 4.69) is 26.3 Å². The van der Waals surface area contributed by atoms with Gasteiger partial charge in [0.25, 0.3) is 0 Å². The van der Waals surface area contributed by atoms with Crippen LogP contribution in [0.3, 0.4) is 0 Å². The Kier molecular flexibility index (Phi) is 4.41. The number of methoxy groups -OCH3 is 1. The maximum absolute atomic E-state index is 14.2. The Morgan fingerprint density at radius 3 is 3.13 bits per heavy atom. The van der Waals surface area contributed by atoms with Crippen molar-refractivity contribution in [3.8, 4) is 12.1 Å². The summed E-state index contributed by atoms with van der Waals surface area (Å²) < 4.78 is 19.3. The molecule has 0 saturated carbocycles. The van der Waals surface area contributed by atoms with Gasteiger partial charge >= 0.3 is 6.01 Å². The molecule has 3 rings (SSSR count). The Labute approximate surface area is 137 Å². The molecule has 0 aromatic carbocycles. The van der Waals surface area contributed by atoms with Gasteiger partial charge in [0, 0.05) is 31.9 Å². The minimum atomic E-state index is -0.699. The van der Waals surface area contributed by atoms with Crippen molar-refractivity contribution in [2.75, 3.05) is 31.6 Å². The molecule has 1 saturated heterocycles. The van der Waals surface area contributed by atoms with Gasteiger partial charge < -0.3 is 15.0 Å². The van der Waals surface area contributed by atoms with Gasteiger partial charge in [-0.3, -0.25) is 0 Å². The van der Waals surface area contributed by atoms with Crippen molar-refractivity contribution in [2.45, 2.75) is 12.5 Å². The Morgan fingerprint density at radius 1 is 1.57 bits per heavy atom. The number of fused-ring (bicyclic) bond motifs is 1. The average Bonchev–Trinajstić information content (AvgIpc) is 2.58. The van der Waals surface area contributed by atoms with Crippen LogP contribution in [0.2, 0.25) is 5.15 Å². The third kappa shape index (κ3) is 2.98. The largest absolute Gasteiger partial charge is 0.467 e. The first-order valence-corrected chi connectivity index (χ1v) is 7.43. The van der Waals surface area contributed by atoms with Crippen LogP contribution in [0.5, 0.6) is 6.01 Å². The Hall–Kier alpha value is -2.24. The number of piperazine rings is 1. The molecule has 1 N–H and O–H groups in total. The van der Waals surface area contributed by atoms with Gasteiger partial charge in [-0.2, -0.15) is 15.2 Å². The first kappa shape index (κ1) is 15.6. The van der Waals surface area contributed by atoms with Gasteiger partial charge in [-0.15, -0.1) is 0 Å². The van der Waals surface area contributed by atoms with E-state index in [1.54, 1.807) is 0 Å². The number of ether oxygens (including phenoxy) is 1. The zero-order chi connectivity index (χ0) is 16.4. The molecule has 23 heavy (non-hydrogen) atoms. The number of hydrogen-bond donors (Lipinski definition) is 1. The summed E-state index contributed by atoms with van der Waals surface area (Å²) in [5.74, 6) is -0.172. The van der Waals surface area contributed by atoms with Crippen LogP contribution in [0.15, 0.2) is 6.20 Å². The third-order valence-corrected chi connectivity index (χ3v) is 3.94. The molecule has 0 bridgehead atoms. The summed E-state index contributed by atoms with van der Waals surface area (Å²) in [5.41, 5.74) is 0.0715. The van der Waals surface area contributed by atoms with Crippen LogP contribution in [-0.2, 0) is 0 Å². The molecular formula is C14H14ClFN6O. The lowest BCUT2D eigenvalue weighted by atomic mass is 10.1. The van der Waals surface area contributed by atoms with E-state index >= 15 is 0 Å². The van der Waals surface area contributed by atoms with Gasteiger partial charge in [0.15, 0.2) is 11.0 Å². The normalized spacial score (nSPS) is 18.0. The third-order valence-electron chi connectivity index (χ3n) is 3.68. The van der Waals surface area contributed by atoms with Crippen LogP contribution in [0.4, 0.5) is 10.2 Å². The van der Waals surface area contributed by atoms with E-state index in [1.807, 2.05) is 4.90 Å². The molecule has 0 spiro atoms.